The second kappa shape index (κ2) is 8.24. The molecular weight excluding hydrogens is 342 g/mol. The van der Waals surface area contributed by atoms with Gasteiger partial charge in [-0.05, 0) is 24.3 Å². The van der Waals surface area contributed by atoms with Gasteiger partial charge >= 0.3 is 0 Å². The van der Waals surface area contributed by atoms with E-state index < -0.39 is 11.6 Å². The third-order valence-electron chi connectivity index (χ3n) is 3.57. The largest absolute Gasteiger partial charge is 0.489 e. The van der Waals surface area contributed by atoms with Gasteiger partial charge in [0.05, 0.1) is 13.1 Å². The molecule has 0 fully saturated rings. The molecular formula is C17H18F2N6O. The molecule has 0 aliphatic rings. The fraction of sp³-hybridized carbons (Fsp3) is 0.235. The van der Waals surface area contributed by atoms with Crippen LogP contribution in [-0.4, -0.2) is 40.8 Å². The number of fused-ring (bicyclic) bond motifs is 1. The highest BCUT2D eigenvalue weighted by atomic mass is 19.1. The van der Waals surface area contributed by atoms with Gasteiger partial charge in [-0.25, -0.2) is 8.78 Å². The number of nitrogens with one attached hydrogen (secondary N) is 2. The summed E-state index contributed by atoms with van der Waals surface area (Å²) >= 11 is 0. The van der Waals surface area contributed by atoms with Crippen LogP contribution in [0.4, 0.5) is 8.78 Å². The second-order valence-corrected chi connectivity index (χ2v) is 5.32. The van der Waals surface area contributed by atoms with Crippen molar-refractivity contribution >= 4 is 11.6 Å². The number of halogens is 2. The molecule has 0 bridgehead atoms. The first kappa shape index (κ1) is 17.6. The lowest BCUT2D eigenvalue weighted by Gasteiger charge is -2.12. The van der Waals surface area contributed by atoms with Gasteiger partial charge in [-0.2, -0.15) is 0 Å². The van der Waals surface area contributed by atoms with Crippen LogP contribution in [0.1, 0.15) is 5.82 Å². The predicted molar refractivity (Wildman–Crippen MR) is 93.0 cm³/mol. The summed E-state index contributed by atoms with van der Waals surface area (Å²) in [6, 6.07) is 8.86. The normalized spacial score (nSPS) is 11.6. The van der Waals surface area contributed by atoms with E-state index in [-0.39, 0.29) is 12.4 Å². The number of guanidine groups is 1. The van der Waals surface area contributed by atoms with Crippen LogP contribution in [0.5, 0.6) is 5.75 Å². The number of pyridine rings is 1. The van der Waals surface area contributed by atoms with E-state index in [2.05, 4.69) is 25.8 Å². The van der Waals surface area contributed by atoms with Crippen molar-refractivity contribution < 1.29 is 13.5 Å². The summed E-state index contributed by atoms with van der Waals surface area (Å²) < 4.78 is 33.5. The fourth-order valence-electron chi connectivity index (χ4n) is 2.32. The van der Waals surface area contributed by atoms with Crippen LogP contribution in [0.25, 0.3) is 5.65 Å². The van der Waals surface area contributed by atoms with Gasteiger partial charge in [-0.15, -0.1) is 10.2 Å². The predicted octanol–water partition coefficient (Wildman–Crippen LogP) is 1.75. The van der Waals surface area contributed by atoms with Crippen LogP contribution in [0.15, 0.2) is 47.6 Å². The van der Waals surface area contributed by atoms with Crippen LogP contribution < -0.4 is 15.4 Å². The van der Waals surface area contributed by atoms with Crippen molar-refractivity contribution in [2.45, 2.75) is 6.54 Å². The van der Waals surface area contributed by atoms with Gasteiger partial charge in [0.25, 0.3) is 0 Å². The zero-order valence-corrected chi connectivity index (χ0v) is 14.1. The highest BCUT2D eigenvalue weighted by Crippen LogP contribution is 2.17. The maximum atomic E-state index is 13.5. The van der Waals surface area contributed by atoms with Crippen molar-refractivity contribution in [3.8, 4) is 5.75 Å². The van der Waals surface area contributed by atoms with Gasteiger partial charge in [-0.3, -0.25) is 9.39 Å². The molecule has 9 heteroatoms. The molecule has 7 nitrogen and oxygen atoms in total. The Morgan fingerprint density at radius 1 is 1.19 bits per heavy atom. The maximum absolute atomic E-state index is 13.5. The average molecular weight is 360 g/mol. The molecule has 0 saturated carbocycles. The lowest BCUT2D eigenvalue weighted by atomic mass is 10.3. The van der Waals surface area contributed by atoms with Crippen molar-refractivity contribution in [3.05, 3.63) is 60.1 Å². The minimum atomic E-state index is -0.730. The van der Waals surface area contributed by atoms with Crippen molar-refractivity contribution in [2.75, 3.05) is 20.2 Å². The molecule has 0 aliphatic carbocycles. The van der Waals surface area contributed by atoms with Crippen molar-refractivity contribution in [2.24, 2.45) is 4.99 Å². The van der Waals surface area contributed by atoms with Gasteiger partial charge in [0.1, 0.15) is 12.4 Å². The summed E-state index contributed by atoms with van der Waals surface area (Å²) in [5.41, 5.74) is 0.766. The Morgan fingerprint density at radius 3 is 2.88 bits per heavy atom. The molecule has 0 radical (unpaired) electrons. The smallest absolute Gasteiger partial charge is 0.191 e. The molecule has 3 rings (SSSR count). The van der Waals surface area contributed by atoms with E-state index >= 15 is 0 Å². The lowest BCUT2D eigenvalue weighted by Crippen LogP contribution is -2.39. The van der Waals surface area contributed by atoms with E-state index in [9.17, 15) is 8.78 Å². The van der Waals surface area contributed by atoms with E-state index in [1.54, 1.807) is 7.05 Å². The first-order valence-corrected chi connectivity index (χ1v) is 7.98. The van der Waals surface area contributed by atoms with Gasteiger partial charge in [-0.1, -0.05) is 6.07 Å². The van der Waals surface area contributed by atoms with Crippen molar-refractivity contribution in [1.29, 1.82) is 0 Å². The molecule has 1 aromatic carbocycles. The fourth-order valence-corrected chi connectivity index (χ4v) is 2.32. The summed E-state index contributed by atoms with van der Waals surface area (Å²) in [6.45, 7) is 1.01. The highest BCUT2D eigenvalue weighted by Gasteiger charge is 2.07. The average Bonchev–Trinajstić information content (AvgIpc) is 3.06. The molecule has 0 amide bonds. The zero-order valence-electron chi connectivity index (χ0n) is 14.1. The van der Waals surface area contributed by atoms with Gasteiger partial charge in [0, 0.05) is 19.3 Å². The number of ether oxygens (including phenoxy) is 1. The monoisotopic (exact) mass is 360 g/mol. The van der Waals surface area contributed by atoms with Crippen molar-refractivity contribution in [3.63, 3.8) is 0 Å². The molecule has 3 aromatic rings. The number of aromatic nitrogens is 3. The van der Waals surface area contributed by atoms with E-state index in [1.165, 1.54) is 6.07 Å². The molecule has 0 atom stereocenters. The molecule has 0 spiro atoms. The third kappa shape index (κ3) is 4.24. The Hall–Kier alpha value is -3.23. The van der Waals surface area contributed by atoms with Crippen LogP contribution in [0.2, 0.25) is 0 Å². The Bertz CT molecular complexity index is 911. The van der Waals surface area contributed by atoms with Crippen LogP contribution >= 0.6 is 0 Å². The third-order valence-corrected chi connectivity index (χ3v) is 3.57. The molecule has 136 valence electrons. The minimum Gasteiger partial charge on any atom is -0.489 e. The van der Waals surface area contributed by atoms with E-state index in [0.717, 1.165) is 23.6 Å². The molecule has 2 N–H and O–H groups in total. The van der Waals surface area contributed by atoms with Gasteiger partial charge in [0.2, 0.25) is 0 Å². The highest BCUT2D eigenvalue weighted by molar-refractivity contribution is 5.79. The molecule has 2 heterocycles. The Morgan fingerprint density at radius 2 is 2.08 bits per heavy atom. The number of hydrogen-bond donors (Lipinski definition) is 2. The number of rotatable bonds is 6. The van der Waals surface area contributed by atoms with Crippen LogP contribution in [0, 0.1) is 11.6 Å². The van der Waals surface area contributed by atoms with E-state index in [1.807, 2.05) is 28.8 Å². The van der Waals surface area contributed by atoms with E-state index in [0.29, 0.717) is 19.0 Å². The van der Waals surface area contributed by atoms with Crippen LogP contribution in [0.3, 0.4) is 0 Å². The van der Waals surface area contributed by atoms with Gasteiger partial charge < -0.3 is 15.4 Å². The zero-order chi connectivity index (χ0) is 18.4. The number of benzene rings is 1. The van der Waals surface area contributed by atoms with Gasteiger partial charge in [0.15, 0.2) is 29.0 Å². The molecule has 2 aromatic heterocycles. The summed E-state index contributed by atoms with van der Waals surface area (Å²) in [7, 11) is 1.64. The standard InChI is InChI=1S/C17H18F2N6O/c1-20-17(21-7-9-26-14-6-5-12(18)10-13(14)19)22-11-16-24-23-15-4-2-3-8-25(15)16/h2-6,8,10H,7,9,11H2,1H3,(H2,20,21,22). The second-order valence-electron chi connectivity index (χ2n) is 5.32. The first-order valence-electron chi connectivity index (χ1n) is 7.98. The minimum absolute atomic E-state index is 0.00563. The molecule has 0 unspecified atom stereocenters. The quantitative estimate of drug-likeness (QED) is 0.398. The number of nitrogens with zero attached hydrogens (tertiary/aromatic N) is 4. The Balaban J connectivity index is 1.46. The molecule has 0 saturated heterocycles. The lowest BCUT2D eigenvalue weighted by molar-refractivity contribution is 0.304. The number of hydrogen-bond acceptors (Lipinski definition) is 4. The summed E-state index contributed by atoms with van der Waals surface area (Å²) in [5, 5.41) is 14.4. The Kier molecular flexibility index (Phi) is 5.57. The van der Waals surface area contributed by atoms with E-state index in [4.69, 9.17) is 4.74 Å². The molecule has 26 heavy (non-hydrogen) atoms. The summed E-state index contributed by atoms with van der Waals surface area (Å²) in [5.74, 6) is -0.0788. The molecule has 0 aliphatic heterocycles. The summed E-state index contributed by atoms with van der Waals surface area (Å²) in [6.07, 6.45) is 1.88. The summed E-state index contributed by atoms with van der Waals surface area (Å²) in [4.78, 5) is 4.10. The van der Waals surface area contributed by atoms with Crippen LogP contribution in [-0.2, 0) is 6.54 Å². The SMILES string of the molecule is CN=C(NCCOc1ccc(F)cc1F)NCc1nnc2ccccn12. The van der Waals surface area contributed by atoms with Crippen molar-refractivity contribution in [1.82, 2.24) is 25.2 Å². The maximum Gasteiger partial charge on any atom is 0.191 e. The number of aliphatic imine (C=N–C) groups is 1. The Labute approximate surface area is 148 Å². The first-order chi connectivity index (χ1) is 12.7. The topological polar surface area (TPSA) is 75.8 Å².